The first kappa shape index (κ1) is 38.1. The van der Waals surface area contributed by atoms with Crippen LogP contribution in [0.5, 0.6) is 0 Å². The predicted octanol–water partition coefficient (Wildman–Crippen LogP) is 16.4. The van der Waals surface area contributed by atoms with Gasteiger partial charge in [-0.3, -0.25) is 0 Å². The highest BCUT2D eigenvalue weighted by Gasteiger charge is 2.33. The summed E-state index contributed by atoms with van der Waals surface area (Å²) in [5, 5.41) is 9.34. The lowest BCUT2D eigenvalue weighted by atomic mass is 9.85. The Morgan fingerprint density at radius 1 is 0.435 bits per heavy atom. The van der Waals surface area contributed by atoms with Crippen LogP contribution in [0.4, 0.5) is 0 Å². The maximum atomic E-state index is 6.73. The Morgan fingerprint density at radius 2 is 1.10 bits per heavy atom. The van der Waals surface area contributed by atoms with Crippen LogP contribution in [0.25, 0.3) is 105 Å². The summed E-state index contributed by atoms with van der Waals surface area (Å²) in [7, 11) is 0. The molecule has 15 rings (SSSR count). The Kier molecular flexibility index (Phi) is 8.13. The van der Waals surface area contributed by atoms with Crippen LogP contribution in [-0.2, 0) is 0 Å². The fraction of sp³-hybridized carbons (Fsp3) is 0.0312. The number of amidine groups is 1. The standard InChI is InChI=1S/C64H40N4O/c1-2-16-39(17-3-1)40-20-14-21-43(36-40)64-65-53(34-32-47-44-22-6-10-28-54(44)67-55-29-11-7-23-45(55)48-26-15-27-51(62(48)67)61(47)66-64)49-33-35-59-60(50-25-9-13-31-58(50)69-59)63(49)68-56-30-12-8-24-46(56)52-37-41-18-4-5-19-42(41)38-57(52)68/h1-31,33-38,47H,32H2/b53-34+,65-64-,66-61+. The molecule has 13 aromatic rings. The lowest BCUT2D eigenvalue weighted by molar-refractivity contribution is 0.669. The number of aliphatic imine (C=N–C) groups is 2. The highest BCUT2D eigenvalue weighted by Crippen LogP contribution is 2.47. The Hall–Kier alpha value is -9.06. The third-order valence-electron chi connectivity index (χ3n) is 14.6. The molecule has 0 bridgehead atoms. The Bertz CT molecular complexity index is 4410. The van der Waals surface area contributed by atoms with Crippen molar-refractivity contribution in [2.45, 2.75) is 12.3 Å². The van der Waals surface area contributed by atoms with E-state index in [1.807, 2.05) is 0 Å². The molecule has 0 spiro atoms. The molecular formula is C64H40N4O. The third kappa shape index (κ3) is 5.65. The van der Waals surface area contributed by atoms with Crippen LogP contribution in [0.15, 0.2) is 239 Å². The largest absolute Gasteiger partial charge is 0.456 e. The molecule has 0 saturated heterocycles. The summed E-state index contributed by atoms with van der Waals surface area (Å²) in [5.74, 6) is 0.568. The summed E-state index contributed by atoms with van der Waals surface area (Å²) < 4.78 is 11.7. The van der Waals surface area contributed by atoms with Gasteiger partial charge < -0.3 is 13.6 Å². The zero-order chi connectivity index (χ0) is 45.2. The van der Waals surface area contributed by atoms with Gasteiger partial charge in [0.15, 0.2) is 5.84 Å². The SMILES string of the molecule is C1=C(c2ccc3oc4ccccc4c3c2-n2c3ccccc3c3cc4ccccc4cc32)/N=C(c2cccc(-c3ccccc3)c2)\N=C2\c3cccc4c5ccccc5n(c34)-c3ccccc3C2C/1. The van der Waals surface area contributed by atoms with Gasteiger partial charge in [-0.1, -0.05) is 170 Å². The summed E-state index contributed by atoms with van der Waals surface area (Å²) in [4.78, 5) is 11.7. The minimum atomic E-state index is -0.0928. The minimum absolute atomic E-state index is 0.0928. The number of para-hydroxylation sites is 5. The molecule has 0 aliphatic carbocycles. The second-order valence-electron chi connectivity index (χ2n) is 18.4. The van der Waals surface area contributed by atoms with Gasteiger partial charge in [0.05, 0.1) is 50.2 Å². The average molecular weight is 881 g/mol. The van der Waals surface area contributed by atoms with Gasteiger partial charge in [-0.2, -0.15) is 0 Å². The van der Waals surface area contributed by atoms with Crippen LogP contribution in [0, 0.1) is 0 Å². The second-order valence-corrected chi connectivity index (χ2v) is 18.4. The first-order valence-corrected chi connectivity index (χ1v) is 23.8. The van der Waals surface area contributed by atoms with Gasteiger partial charge >= 0.3 is 0 Å². The third-order valence-corrected chi connectivity index (χ3v) is 14.6. The first-order valence-electron chi connectivity index (χ1n) is 23.8. The molecule has 5 heteroatoms. The number of nitrogens with zero attached hydrogens (tertiary/aromatic N) is 4. The van der Waals surface area contributed by atoms with Gasteiger partial charge in [-0.25, -0.2) is 9.98 Å². The highest BCUT2D eigenvalue weighted by molar-refractivity contribution is 6.25. The van der Waals surface area contributed by atoms with E-state index < -0.39 is 0 Å². The van der Waals surface area contributed by atoms with Crippen molar-refractivity contribution in [1.29, 1.82) is 0 Å². The molecule has 0 fully saturated rings. The fourth-order valence-corrected chi connectivity index (χ4v) is 11.6. The molecule has 0 radical (unpaired) electrons. The topological polar surface area (TPSA) is 47.7 Å². The molecule has 10 aromatic carbocycles. The number of fused-ring (bicyclic) bond motifs is 15. The van der Waals surface area contributed by atoms with E-state index in [4.69, 9.17) is 14.4 Å². The van der Waals surface area contributed by atoms with Crippen LogP contribution >= 0.6 is 0 Å². The molecule has 69 heavy (non-hydrogen) atoms. The Balaban J connectivity index is 1.06. The van der Waals surface area contributed by atoms with Crippen LogP contribution in [0.3, 0.4) is 0 Å². The van der Waals surface area contributed by atoms with Gasteiger partial charge in [0.1, 0.15) is 11.2 Å². The molecule has 1 unspecified atom stereocenters. The van der Waals surface area contributed by atoms with E-state index in [2.05, 4.69) is 234 Å². The number of rotatable bonds is 4. The second kappa shape index (κ2) is 14.7. The quantitative estimate of drug-likeness (QED) is 0.174. The van der Waals surface area contributed by atoms with Crippen LogP contribution in [0.2, 0.25) is 0 Å². The van der Waals surface area contributed by atoms with Gasteiger partial charge in [0, 0.05) is 49.5 Å². The number of allylic oxidation sites excluding steroid dienone is 1. The smallest absolute Gasteiger partial charge is 0.160 e. The average Bonchev–Trinajstić information content (AvgIpc) is 4.04. The van der Waals surface area contributed by atoms with Crippen LogP contribution < -0.4 is 0 Å². The van der Waals surface area contributed by atoms with E-state index in [9.17, 15) is 0 Å². The number of furan rings is 1. The highest BCUT2D eigenvalue weighted by atomic mass is 16.3. The molecule has 5 heterocycles. The van der Waals surface area contributed by atoms with Gasteiger partial charge in [-0.05, 0) is 88.5 Å². The molecule has 2 aliphatic rings. The van der Waals surface area contributed by atoms with E-state index in [-0.39, 0.29) is 5.92 Å². The van der Waals surface area contributed by atoms with Crippen molar-refractivity contribution in [2.24, 2.45) is 9.98 Å². The van der Waals surface area contributed by atoms with Gasteiger partial charge in [0.2, 0.25) is 0 Å². The van der Waals surface area contributed by atoms with E-state index in [1.54, 1.807) is 0 Å². The van der Waals surface area contributed by atoms with E-state index in [1.165, 1.54) is 54.6 Å². The molecule has 0 N–H and O–H groups in total. The number of benzene rings is 10. The molecule has 0 amide bonds. The monoisotopic (exact) mass is 880 g/mol. The van der Waals surface area contributed by atoms with Crippen LogP contribution in [0.1, 0.15) is 34.6 Å². The zero-order valence-corrected chi connectivity index (χ0v) is 37.3. The predicted molar refractivity (Wildman–Crippen MR) is 287 cm³/mol. The van der Waals surface area contributed by atoms with E-state index in [0.717, 1.165) is 77.9 Å². The van der Waals surface area contributed by atoms with Crippen molar-refractivity contribution in [1.82, 2.24) is 9.13 Å². The van der Waals surface area contributed by atoms with Gasteiger partial charge in [-0.15, -0.1) is 0 Å². The van der Waals surface area contributed by atoms with Crippen molar-refractivity contribution in [3.05, 3.63) is 247 Å². The lowest BCUT2D eigenvalue weighted by Gasteiger charge is -2.23. The molecule has 0 saturated carbocycles. The summed E-state index contributed by atoms with van der Waals surface area (Å²) >= 11 is 0. The van der Waals surface area contributed by atoms with Crippen molar-refractivity contribution in [3.63, 3.8) is 0 Å². The summed E-state index contributed by atoms with van der Waals surface area (Å²) in [5.41, 5.74) is 16.9. The fourth-order valence-electron chi connectivity index (χ4n) is 11.6. The van der Waals surface area contributed by atoms with E-state index >= 15 is 0 Å². The minimum Gasteiger partial charge on any atom is -0.456 e. The molecular weight excluding hydrogens is 841 g/mol. The van der Waals surface area contributed by atoms with Crippen LogP contribution in [-0.4, -0.2) is 20.7 Å². The Labute approximate surface area is 396 Å². The number of aromatic nitrogens is 2. The molecule has 1 atom stereocenters. The van der Waals surface area contributed by atoms with Crippen molar-refractivity contribution in [3.8, 4) is 22.5 Å². The number of hydrogen-bond donors (Lipinski definition) is 0. The maximum Gasteiger partial charge on any atom is 0.160 e. The maximum absolute atomic E-state index is 6.73. The summed E-state index contributed by atoms with van der Waals surface area (Å²) in [6, 6.07) is 78.7. The molecule has 322 valence electrons. The number of hydrogen-bond acceptors (Lipinski definition) is 3. The Morgan fingerprint density at radius 3 is 1.97 bits per heavy atom. The summed E-state index contributed by atoms with van der Waals surface area (Å²) in [6.07, 6.45) is 3.05. The van der Waals surface area contributed by atoms with Crippen molar-refractivity contribution >= 4 is 93.6 Å². The van der Waals surface area contributed by atoms with Gasteiger partial charge in [0.25, 0.3) is 0 Å². The van der Waals surface area contributed by atoms with E-state index in [0.29, 0.717) is 12.3 Å². The first-order chi connectivity index (χ1) is 34.2. The molecule has 5 nitrogen and oxygen atoms in total. The summed E-state index contributed by atoms with van der Waals surface area (Å²) in [6.45, 7) is 0. The lowest BCUT2D eigenvalue weighted by Crippen LogP contribution is -2.18. The zero-order valence-electron chi connectivity index (χ0n) is 37.3. The van der Waals surface area contributed by atoms with Crippen molar-refractivity contribution in [2.75, 3.05) is 0 Å². The molecule has 2 aliphatic heterocycles. The molecule has 3 aromatic heterocycles. The van der Waals surface area contributed by atoms with Crippen molar-refractivity contribution < 1.29 is 4.42 Å². The normalized spacial score (nSPS) is 17.0.